The number of carbonyl (C=O) groups is 2. The highest BCUT2D eigenvalue weighted by Gasteiger charge is 2.23. The molecule has 0 radical (unpaired) electrons. The molecule has 4 rings (SSSR count). The van der Waals surface area contributed by atoms with E-state index in [1.54, 1.807) is 27.8 Å². The van der Waals surface area contributed by atoms with Gasteiger partial charge in [0.2, 0.25) is 5.43 Å². The average molecular weight is 391 g/mol. The molecule has 2 heterocycles. The summed E-state index contributed by atoms with van der Waals surface area (Å²) in [5.74, 6) is -0.703. The van der Waals surface area contributed by atoms with Gasteiger partial charge in [-0.15, -0.1) is 0 Å². The number of para-hydroxylation sites is 2. The maximum Gasteiger partial charge on any atom is 0.308 e. The summed E-state index contributed by atoms with van der Waals surface area (Å²) in [6.45, 7) is 0.604. The Morgan fingerprint density at radius 1 is 1.07 bits per heavy atom. The van der Waals surface area contributed by atoms with Gasteiger partial charge in [0.1, 0.15) is 0 Å². The fourth-order valence-corrected chi connectivity index (χ4v) is 3.62. The van der Waals surface area contributed by atoms with E-state index in [0.717, 1.165) is 24.1 Å². The van der Waals surface area contributed by atoms with Gasteiger partial charge in [0, 0.05) is 17.6 Å². The standard InChI is InChI=1S/C22H21N3O4/c26-20-14-23-25(19-10-4-2-8-17(19)20)13-11-22(28)29-15-21(27)24-12-5-7-16-6-1-3-9-18(16)24/h1-4,6,8-10,14H,5,7,11-13,15H2. The Bertz CT molecular complexity index is 1120. The van der Waals surface area contributed by atoms with Crippen LogP contribution in [0, 0.1) is 0 Å². The van der Waals surface area contributed by atoms with Gasteiger partial charge in [-0.3, -0.25) is 19.1 Å². The summed E-state index contributed by atoms with van der Waals surface area (Å²) in [6.07, 6.45) is 3.14. The molecule has 1 aliphatic rings. The van der Waals surface area contributed by atoms with E-state index in [1.165, 1.54) is 6.20 Å². The summed E-state index contributed by atoms with van der Waals surface area (Å²) in [4.78, 5) is 38.3. The van der Waals surface area contributed by atoms with Crippen LogP contribution in [-0.4, -0.2) is 34.8 Å². The molecule has 1 amide bonds. The molecule has 0 N–H and O–H groups in total. The fraction of sp³-hybridized carbons (Fsp3) is 0.273. The lowest BCUT2D eigenvalue weighted by molar-refractivity contribution is -0.148. The first-order valence-electron chi connectivity index (χ1n) is 9.62. The van der Waals surface area contributed by atoms with E-state index in [4.69, 9.17) is 4.74 Å². The number of benzene rings is 2. The zero-order valence-electron chi connectivity index (χ0n) is 15.9. The minimum absolute atomic E-state index is 0.0593. The Morgan fingerprint density at radius 3 is 2.76 bits per heavy atom. The van der Waals surface area contributed by atoms with Crippen molar-refractivity contribution in [1.29, 1.82) is 0 Å². The summed E-state index contributed by atoms with van der Waals surface area (Å²) >= 11 is 0. The molecule has 0 saturated carbocycles. The van der Waals surface area contributed by atoms with E-state index in [0.29, 0.717) is 17.4 Å². The lowest BCUT2D eigenvalue weighted by atomic mass is 10.0. The highest BCUT2D eigenvalue weighted by molar-refractivity contribution is 5.96. The number of hydrogen-bond acceptors (Lipinski definition) is 5. The average Bonchev–Trinajstić information content (AvgIpc) is 2.77. The molecule has 0 unspecified atom stereocenters. The van der Waals surface area contributed by atoms with Gasteiger partial charge in [0.05, 0.1) is 24.7 Å². The van der Waals surface area contributed by atoms with Crippen molar-refractivity contribution in [3.8, 4) is 0 Å². The molecular formula is C22H21N3O4. The number of esters is 1. The normalized spacial score (nSPS) is 13.2. The van der Waals surface area contributed by atoms with Crippen LogP contribution >= 0.6 is 0 Å². The summed E-state index contributed by atoms with van der Waals surface area (Å²) in [6, 6.07) is 14.9. The topological polar surface area (TPSA) is 81.5 Å². The number of carbonyl (C=O) groups excluding carboxylic acids is 2. The van der Waals surface area contributed by atoms with Crippen LogP contribution in [0.15, 0.2) is 59.5 Å². The lowest BCUT2D eigenvalue weighted by Crippen LogP contribution is -2.38. The number of amides is 1. The molecule has 0 saturated heterocycles. The van der Waals surface area contributed by atoms with Crippen molar-refractivity contribution in [2.45, 2.75) is 25.8 Å². The molecule has 0 atom stereocenters. The van der Waals surface area contributed by atoms with E-state index >= 15 is 0 Å². The minimum Gasteiger partial charge on any atom is -0.455 e. The number of rotatable bonds is 5. The third kappa shape index (κ3) is 4.03. The lowest BCUT2D eigenvalue weighted by Gasteiger charge is -2.29. The van der Waals surface area contributed by atoms with Crippen LogP contribution in [-0.2, 0) is 27.3 Å². The van der Waals surface area contributed by atoms with E-state index in [2.05, 4.69) is 5.10 Å². The van der Waals surface area contributed by atoms with Crippen LogP contribution in [0.5, 0.6) is 0 Å². The largest absolute Gasteiger partial charge is 0.455 e. The van der Waals surface area contributed by atoms with Crippen molar-refractivity contribution in [3.05, 3.63) is 70.5 Å². The fourth-order valence-electron chi connectivity index (χ4n) is 3.62. The van der Waals surface area contributed by atoms with Crippen molar-refractivity contribution < 1.29 is 14.3 Å². The van der Waals surface area contributed by atoms with Crippen molar-refractivity contribution in [2.24, 2.45) is 0 Å². The first kappa shape index (κ1) is 18.9. The van der Waals surface area contributed by atoms with Crippen LogP contribution in [0.2, 0.25) is 0 Å². The SMILES string of the molecule is O=C(CCn1ncc(=O)c2ccccc21)OCC(=O)N1CCCc2ccccc21. The Labute approximate surface area is 167 Å². The van der Waals surface area contributed by atoms with E-state index in [1.807, 2.05) is 30.3 Å². The molecule has 0 aliphatic carbocycles. The van der Waals surface area contributed by atoms with Crippen molar-refractivity contribution >= 4 is 28.5 Å². The van der Waals surface area contributed by atoms with Gasteiger partial charge >= 0.3 is 5.97 Å². The zero-order valence-corrected chi connectivity index (χ0v) is 15.9. The predicted molar refractivity (Wildman–Crippen MR) is 109 cm³/mol. The first-order chi connectivity index (χ1) is 14.1. The number of fused-ring (bicyclic) bond motifs is 2. The monoisotopic (exact) mass is 391 g/mol. The molecule has 7 heteroatoms. The number of aromatic nitrogens is 2. The second-order valence-corrected chi connectivity index (χ2v) is 6.94. The molecule has 3 aromatic rings. The van der Waals surface area contributed by atoms with Gasteiger partial charge in [-0.25, -0.2) is 0 Å². The Hall–Kier alpha value is -3.48. The van der Waals surface area contributed by atoms with Gasteiger partial charge in [-0.2, -0.15) is 5.10 Å². The molecule has 148 valence electrons. The molecule has 2 aromatic carbocycles. The van der Waals surface area contributed by atoms with Gasteiger partial charge in [-0.05, 0) is 36.6 Å². The highest BCUT2D eigenvalue weighted by Crippen LogP contribution is 2.26. The maximum absolute atomic E-state index is 12.5. The number of anilines is 1. The smallest absolute Gasteiger partial charge is 0.308 e. The molecule has 1 aromatic heterocycles. The summed E-state index contributed by atoms with van der Waals surface area (Å²) in [5.41, 5.74) is 2.53. The zero-order chi connectivity index (χ0) is 20.2. The van der Waals surface area contributed by atoms with Crippen molar-refractivity contribution in [2.75, 3.05) is 18.1 Å². The van der Waals surface area contributed by atoms with Gasteiger partial charge in [0.15, 0.2) is 6.61 Å². The molecule has 0 fully saturated rings. The summed E-state index contributed by atoms with van der Waals surface area (Å²) in [7, 11) is 0. The van der Waals surface area contributed by atoms with E-state index in [-0.39, 0.29) is 30.9 Å². The third-order valence-corrected chi connectivity index (χ3v) is 5.06. The van der Waals surface area contributed by atoms with Crippen LogP contribution in [0.1, 0.15) is 18.4 Å². The molecule has 7 nitrogen and oxygen atoms in total. The molecular weight excluding hydrogens is 370 g/mol. The van der Waals surface area contributed by atoms with Gasteiger partial charge in [-0.1, -0.05) is 30.3 Å². The van der Waals surface area contributed by atoms with Crippen LogP contribution in [0.3, 0.4) is 0 Å². The molecule has 1 aliphatic heterocycles. The molecule has 29 heavy (non-hydrogen) atoms. The van der Waals surface area contributed by atoms with Crippen molar-refractivity contribution in [1.82, 2.24) is 9.78 Å². The van der Waals surface area contributed by atoms with Crippen LogP contribution < -0.4 is 10.3 Å². The Kier molecular flexibility index (Phi) is 5.37. The molecule has 0 spiro atoms. The number of aryl methyl sites for hydroxylation is 2. The van der Waals surface area contributed by atoms with Gasteiger partial charge in [0.25, 0.3) is 5.91 Å². The second-order valence-electron chi connectivity index (χ2n) is 6.94. The summed E-state index contributed by atoms with van der Waals surface area (Å²) in [5, 5.41) is 4.64. The number of hydrogen-bond donors (Lipinski definition) is 0. The van der Waals surface area contributed by atoms with Crippen molar-refractivity contribution in [3.63, 3.8) is 0 Å². The predicted octanol–water partition coefficient (Wildman–Crippen LogP) is 2.31. The Balaban J connectivity index is 1.35. The van der Waals surface area contributed by atoms with Gasteiger partial charge < -0.3 is 9.64 Å². The van der Waals surface area contributed by atoms with Crippen LogP contribution in [0.25, 0.3) is 10.9 Å². The van der Waals surface area contributed by atoms with E-state index in [9.17, 15) is 14.4 Å². The van der Waals surface area contributed by atoms with E-state index < -0.39 is 5.97 Å². The Morgan fingerprint density at radius 2 is 1.86 bits per heavy atom. The quantitative estimate of drug-likeness (QED) is 0.624. The number of ether oxygens (including phenoxy) is 1. The third-order valence-electron chi connectivity index (χ3n) is 5.06. The molecule has 0 bridgehead atoms. The summed E-state index contributed by atoms with van der Waals surface area (Å²) < 4.78 is 6.79. The number of nitrogens with zero attached hydrogens (tertiary/aromatic N) is 3. The first-order valence-corrected chi connectivity index (χ1v) is 9.62. The maximum atomic E-state index is 12.5. The van der Waals surface area contributed by atoms with Crippen LogP contribution in [0.4, 0.5) is 5.69 Å². The highest BCUT2D eigenvalue weighted by atomic mass is 16.5. The second kappa shape index (κ2) is 8.26. The minimum atomic E-state index is -0.478.